The van der Waals surface area contributed by atoms with Crippen LogP contribution in [0.15, 0.2) is 30.6 Å². The second-order valence-corrected chi connectivity index (χ2v) is 4.04. The molecular formula is C13H13N3O2. The number of benzene rings is 1. The summed E-state index contributed by atoms with van der Waals surface area (Å²) in [6.45, 7) is 3.09. The average molecular weight is 243 g/mol. The van der Waals surface area contributed by atoms with Crippen LogP contribution in [0, 0.1) is 0 Å². The van der Waals surface area contributed by atoms with E-state index in [0.29, 0.717) is 16.6 Å². The molecule has 0 fully saturated rings. The minimum absolute atomic E-state index is 0.0883. The Bertz CT molecular complexity index is 605. The van der Waals surface area contributed by atoms with Crippen LogP contribution in [0.2, 0.25) is 0 Å². The first-order valence-electron chi connectivity index (χ1n) is 5.60. The van der Waals surface area contributed by atoms with Gasteiger partial charge in [0.05, 0.1) is 17.1 Å². The van der Waals surface area contributed by atoms with Crippen LogP contribution in [-0.4, -0.2) is 27.7 Å². The molecule has 0 aliphatic rings. The smallest absolute Gasteiger partial charge is 0.254 e. The molecule has 0 radical (unpaired) electrons. The topological polar surface area (TPSA) is 72.0 Å². The van der Waals surface area contributed by atoms with Crippen molar-refractivity contribution in [3.05, 3.63) is 36.2 Å². The van der Waals surface area contributed by atoms with Crippen LogP contribution in [0.25, 0.3) is 11.0 Å². The third-order valence-corrected chi connectivity index (χ3v) is 2.70. The highest BCUT2D eigenvalue weighted by Crippen LogP contribution is 2.13. The van der Waals surface area contributed by atoms with E-state index in [9.17, 15) is 9.59 Å². The predicted molar refractivity (Wildman–Crippen MR) is 67.1 cm³/mol. The molecule has 1 amide bonds. The first-order valence-corrected chi connectivity index (χ1v) is 5.60. The van der Waals surface area contributed by atoms with Gasteiger partial charge >= 0.3 is 0 Å². The molecule has 1 unspecified atom stereocenters. The summed E-state index contributed by atoms with van der Waals surface area (Å²) in [6, 6.07) is 4.68. The number of Topliss-reactive ketones (excluding diaryl/α,β-unsaturated/α-hetero) is 1. The Morgan fingerprint density at radius 1 is 1.22 bits per heavy atom. The molecule has 5 nitrogen and oxygen atoms in total. The molecular weight excluding hydrogens is 230 g/mol. The van der Waals surface area contributed by atoms with Gasteiger partial charge in [-0.1, -0.05) is 6.07 Å². The fourth-order valence-electron chi connectivity index (χ4n) is 1.55. The number of carbonyl (C=O) groups excluding carboxylic acids is 2. The van der Waals surface area contributed by atoms with Crippen LogP contribution >= 0.6 is 0 Å². The molecule has 1 atom stereocenters. The third-order valence-electron chi connectivity index (χ3n) is 2.70. The van der Waals surface area contributed by atoms with Gasteiger partial charge in [0, 0.05) is 12.4 Å². The summed E-state index contributed by atoms with van der Waals surface area (Å²) in [5.74, 6) is -0.404. The van der Waals surface area contributed by atoms with Crippen molar-refractivity contribution >= 4 is 22.7 Å². The summed E-state index contributed by atoms with van der Waals surface area (Å²) >= 11 is 0. The van der Waals surface area contributed by atoms with E-state index in [-0.39, 0.29) is 11.7 Å². The van der Waals surface area contributed by atoms with Crippen molar-refractivity contribution in [3.8, 4) is 0 Å². The van der Waals surface area contributed by atoms with Gasteiger partial charge in [-0.25, -0.2) is 0 Å². The fraction of sp³-hybridized carbons (Fsp3) is 0.231. The first kappa shape index (κ1) is 12.2. The second kappa shape index (κ2) is 4.91. The highest BCUT2D eigenvalue weighted by Gasteiger charge is 2.15. The van der Waals surface area contributed by atoms with E-state index < -0.39 is 6.04 Å². The molecule has 0 aliphatic carbocycles. The average Bonchev–Trinajstić information content (AvgIpc) is 2.37. The molecule has 0 saturated heterocycles. The molecule has 92 valence electrons. The van der Waals surface area contributed by atoms with Gasteiger partial charge < -0.3 is 5.32 Å². The maximum atomic E-state index is 12.0. The van der Waals surface area contributed by atoms with Crippen LogP contribution < -0.4 is 5.32 Å². The Labute approximate surface area is 104 Å². The number of nitrogens with zero attached hydrogens (tertiary/aromatic N) is 2. The quantitative estimate of drug-likeness (QED) is 0.882. The molecule has 0 aliphatic heterocycles. The van der Waals surface area contributed by atoms with Gasteiger partial charge in [-0.2, -0.15) is 0 Å². The lowest BCUT2D eigenvalue weighted by atomic mass is 10.1. The Balaban J connectivity index is 2.36. The zero-order valence-electron chi connectivity index (χ0n) is 10.2. The van der Waals surface area contributed by atoms with E-state index >= 15 is 0 Å². The summed E-state index contributed by atoms with van der Waals surface area (Å²) in [5, 5.41) is 2.63. The number of ketones is 1. The van der Waals surface area contributed by atoms with Crippen molar-refractivity contribution in [2.24, 2.45) is 0 Å². The van der Waals surface area contributed by atoms with E-state index in [1.165, 1.54) is 13.1 Å². The van der Waals surface area contributed by atoms with Crippen molar-refractivity contribution < 1.29 is 9.59 Å². The Morgan fingerprint density at radius 3 is 2.67 bits per heavy atom. The number of carbonyl (C=O) groups is 2. The van der Waals surface area contributed by atoms with E-state index in [1.807, 2.05) is 0 Å². The molecule has 18 heavy (non-hydrogen) atoms. The number of nitrogens with one attached hydrogen (secondary N) is 1. The van der Waals surface area contributed by atoms with E-state index in [0.717, 1.165) is 0 Å². The summed E-state index contributed by atoms with van der Waals surface area (Å²) in [5.41, 5.74) is 1.61. The van der Waals surface area contributed by atoms with Gasteiger partial charge in [-0.3, -0.25) is 19.6 Å². The normalized spacial score (nSPS) is 12.1. The zero-order valence-corrected chi connectivity index (χ0v) is 10.2. The minimum atomic E-state index is -0.510. The Kier molecular flexibility index (Phi) is 3.32. The molecule has 2 rings (SSSR count). The van der Waals surface area contributed by atoms with Crippen LogP contribution in [0.4, 0.5) is 0 Å². The van der Waals surface area contributed by atoms with Gasteiger partial charge in [0.2, 0.25) is 0 Å². The maximum Gasteiger partial charge on any atom is 0.254 e. The lowest BCUT2D eigenvalue weighted by Gasteiger charge is -2.11. The summed E-state index contributed by atoms with van der Waals surface area (Å²) in [6.07, 6.45) is 3.11. The highest BCUT2D eigenvalue weighted by molar-refractivity contribution is 6.05. The first-order chi connectivity index (χ1) is 8.59. The van der Waals surface area contributed by atoms with Gasteiger partial charge in [0.25, 0.3) is 5.91 Å². The summed E-state index contributed by atoms with van der Waals surface area (Å²) in [7, 11) is 0. The highest BCUT2D eigenvalue weighted by atomic mass is 16.2. The monoisotopic (exact) mass is 243 g/mol. The van der Waals surface area contributed by atoms with E-state index in [1.54, 1.807) is 31.3 Å². The van der Waals surface area contributed by atoms with E-state index in [4.69, 9.17) is 0 Å². The van der Waals surface area contributed by atoms with Crippen LogP contribution in [0.1, 0.15) is 24.2 Å². The summed E-state index contributed by atoms with van der Waals surface area (Å²) in [4.78, 5) is 31.4. The predicted octanol–water partition coefficient (Wildman–Crippen LogP) is 1.34. The van der Waals surface area contributed by atoms with Gasteiger partial charge in [0.15, 0.2) is 5.78 Å². The lowest BCUT2D eigenvalue weighted by Crippen LogP contribution is -2.37. The standard InChI is InChI=1S/C13H13N3O2/c1-8(9(2)17)16-13(18)10-4-3-5-11-12(10)15-7-6-14-11/h3-8H,1-2H3,(H,16,18). The lowest BCUT2D eigenvalue weighted by molar-refractivity contribution is -0.118. The van der Waals surface area contributed by atoms with Gasteiger partial charge in [-0.05, 0) is 26.0 Å². The molecule has 0 bridgehead atoms. The zero-order chi connectivity index (χ0) is 13.1. The third kappa shape index (κ3) is 2.34. The second-order valence-electron chi connectivity index (χ2n) is 4.04. The Hall–Kier alpha value is -2.30. The molecule has 1 aromatic carbocycles. The molecule has 0 spiro atoms. The van der Waals surface area contributed by atoms with Crippen molar-refractivity contribution in [2.45, 2.75) is 19.9 Å². The fourth-order valence-corrected chi connectivity index (χ4v) is 1.55. The number of hydrogen-bond acceptors (Lipinski definition) is 4. The van der Waals surface area contributed by atoms with E-state index in [2.05, 4.69) is 15.3 Å². The van der Waals surface area contributed by atoms with Crippen molar-refractivity contribution in [1.29, 1.82) is 0 Å². The van der Waals surface area contributed by atoms with Crippen molar-refractivity contribution in [2.75, 3.05) is 0 Å². The molecule has 1 heterocycles. The number of amides is 1. The van der Waals surface area contributed by atoms with Gasteiger partial charge in [0.1, 0.15) is 5.52 Å². The SMILES string of the molecule is CC(=O)C(C)NC(=O)c1cccc2nccnc12. The van der Waals surface area contributed by atoms with Gasteiger partial charge in [-0.15, -0.1) is 0 Å². The number of fused-ring (bicyclic) bond motifs is 1. The molecule has 0 saturated carbocycles. The number of rotatable bonds is 3. The molecule has 5 heteroatoms. The largest absolute Gasteiger partial charge is 0.342 e. The van der Waals surface area contributed by atoms with Crippen LogP contribution in [-0.2, 0) is 4.79 Å². The summed E-state index contributed by atoms with van der Waals surface area (Å²) < 4.78 is 0. The van der Waals surface area contributed by atoms with Crippen LogP contribution in [0.5, 0.6) is 0 Å². The van der Waals surface area contributed by atoms with Crippen molar-refractivity contribution in [1.82, 2.24) is 15.3 Å². The number of aromatic nitrogens is 2. The number of para-hydroxylation sites is 1. The number of hydrogen-bond donors (Lipinski definition) is 1. The van der Waals surface area contributed by atoms with Crippen molar-refractivity contribution in [3.63, 3.8) is 0 Å². The maximum absolute atomic E-state index is 12.0. The molecule has 2 aromatic rings. The molecule has 1 aromatic heterocycles. The Morgan fingerprint density at radius 2 is 1.94 bits per heavy atom. The van der Waals surface area contributed by atoms with Crippen LogP contribution in [0.3, 0.4) is 0 Å². The molecule has 1 N–H and O–H groups in total. The minimum Gasteiger partial charge on any atom is -0.342 e.